The minimum Gasteiger partial charge on any atom is -0.351 e. The highest BCUT2D eigenvalue weighted by atomic mass is 16.2. The second kappa shape index (κ2) is 4.41. The molecule has 2 N–H and O–H groups in total. The van der Waals surface area contributed by atoms with Crippen molar-refractivity contribution < 1.29 is 0 Å². The highest BCUT2D eigenvalue weighted by Gasteiger charge is 2.25. The van der Waals surface area contributed by atoms with Crippen LogP contribution >= 0.6 is 0 Å². The molecule has 0 aromatic carbocycles. The molecule has 7 heteroatoms. The second-order valence-electron chi connectivity index (χ2n) is 4.54. The Balaban J connectivity index is 1.98. The van der Waals surface area contributed by atoms with Crippen molar-refractivity contribution in [3.63, 3.8) is 0 Å². The molecule has 0 aliphatic carbocycles. The number of hydrogen-bond acceptors (Lipinski definition) is 5. The number of rotatable bonds is 3. The smallest absolute Gasteiger partial charge is 0.351 e. The molecule has 1 atom stereocenters. The predicted octanol–water partition coefficient (Wildman–Crippen LogP) is -0.394. The number of aromatic nitrogens is 4. The number of H-pyrrole nitrogens is 1. The van der Waals surface area contributed by atoms with E-state index >= 15 is 0 Å². The van der Waals surface area contributed by atoms with Crippen molar-refractivity contribution >= 4 is 11.5 Å². The molecule has 0 saturated carbocycles. The van der Waals surface area contributed by atoms with E-state index in [1.165, 1.54) is 4.52 Å². The molecule has 1 saturated heterocycles. The fraction of sp³-hybridized carbons (Fsp3) is 0.545. The Labute approximate surface area is 104 Å². The highest BCUT2D eigenvalue weighted by molar-refractivity contribution is 5.46. The molecule has 2 aromatic heterocycles. The number of anilines is 1. The SMILES string of the molecule is CNCC1CCCN1c1ccc2n[nH]c(=O)n2n1. The summed E-state index contributed by atoms with van der Waals surface area (Å²) in [7, 11) is 1.95. The molecule has 0 radical (unpaired) electrons. The van der Waals surface area contributed by atoms with Crippen LogP contribution in [0.4, 0.5) is 5.82 Å². The minimum absolute atomic E-state index is 0.295. The van der Waals surface area contributed by atoms with Gasteiger partial charge in [-0.25, -0.2) is 9.89 Å². The molecule has 7 nitrogen and oxygen atoms in total. The summed E-state index contributed by atoms with van der Waals surface area (Å²) in [5, 5.41) is 13.8. The van der Waals surface area contributed by atoms with Crippen LogP contribution in [0.25, 0.3) is 5.65 Å². The van der Waals surface area contributed by atoms with Gasteiger partial charge in [-0.1, -0.05) is 0 Å². The van der Waals surface area contributed by atoms with Gasteiger partial charge in [0.25, 0.3) is 0 Å². The van der Waals surface area contributed by atoms with E-state index in [2.05, 4.69) is 25.5 Å². The van der Waals surface area contributed by atoms with Gasteiger partial charge in [0.15, 0.2) is 5.65 Å². The first-order valence-electron chi connectivity index (χ1n) is 6.15. The summed E-state index contributed by atoms with van der Waals surface area (Å²) in [6.45, 7) is 1.91. The zero-order valence-corrected chi connectivity index (χ0v) is 10.3. The maximum Gasteiger partial charge on any atom is 0.364 e. The number of nitrogens with one attached hydrogen (secondary N) is 2. The van der Waals surface area contributed by atoms with E-state index in [1.54, 1.807) is 0 Å². The van der Waals surface area contributed by atoms with Gasteiger partial charge < -0.3 is 10.2 Å². The van der Waals surface area contributed by atoms with Gasteiger partial charge in [-0.05, 0) is 32.0 Å². The number of fused-ring (bicyclic) bond motifs is 1. The first-order chi connectivity index (χ1) is 8.79. The number of nitrogens with zero attached hydrogens (tertiary/aromatic N) is 4. The molecule has 1 fully saturated rings. The lowest BCUT2D eigenvalue weighted by Crippen LogP contribution is -2.37. The van der Waals surface area contributed by atoms with Crippen LogP contribution in [0.3, 0.4) is 0 Å². The van der Waals surface area contributed by atoms with Crippen molar-refractivity contribution in [2.24, 2.45) is 0 Å². The highest BCUT2D eigenvalue weighted by Crippen LogP contribution is 2.22. The predicted molar refractivity (Wildman–Crippen MR) is 67.9 cm³/mol. The van der Waals surface area contributed by atoms with Crippen LogP contribution in [0.15, 0.2) is 16.9 Å². The van der Waals surface area contributed by atoms with Gasteiger partial charge in [-0.3, -0.25) is 0 Å². The molecule has 3 heterocycles. The van der Waals surface area contributed by atoms with Crippen LogP contribution in [0.2, 0.25) is 0 Å². The summed E-state index contributed by atoms with van der Waals surface area (Å²) in [5.41, 5.74) is 0.254. The Kier molecular flexibility index (Phi) is 2.75. The van der Waals surface area contributed by atoms with E-state index in [0.717, 1.165) is 31.7 Å². The summed E-state index contributed by atoms with van der Waals surface area (Å²) < 4.78 is 1.31. The Bertz CT molecular complexity index is 603. The lowest BCUT2D eigenvalue weighted by Gasteiger charge is -2.25. The quantitative estimate of drug-likeness (QED) is 0.773. The lowest BCUT2D eigenvalue weighted by molar-refractivity contribution is 0.608. The Hall–Kier alpha value is -1.89. The second-order valence-corrected chi connectivity index (χ2v) is 4.54. The molecule has 18 heavy (non-hydrogen) atoms. The zero-order chi connectivity index (χ0) is 12.5. The molecule has 0 spiro atoms. The molecule has 0 amide bonds. The zero-order valence-electron chi connectivity index (χ0n) is 10.3. The van der Waals surface area contributed by atoms with Gasteiger partial charge in [0, 0.05) is 19.1 Å². The minimum atomic E-state index is -0.295. The van der Waals surface area contributed by atoms with Crippen molar-refractivity contribution in [1.29, 1.82) is 0 Å². The normalized spacial score (nSPS) is 19.8. The number of likely N-dealkylation sites (N-methyl/N-ethyl adjacent to an activating group) is 1. The molecule has 1 aliphatic rings. The third-order valence-electron chi connectivity index (χ3n) is 3.37. The van der Waals surface area contributed by atoms with Gasteiger partial charge in [-0.2, -0.15) is 9.61 Å². The van der Waals surface area contributed by atoms with Crippen LogP contribution in [0, 0.1) is 0 Å². The van der Waals surface area contributed by atoms with Crippen molar-refractivity contribution in [2.75, 3.05) is 25.0 Å². The van der Waals surface area contributed by atoms with Crippen molar-refractivity contribution in [3.05, 3.63) is 22.6 Å². The average Bonchev–Trinajstić information content (AvgIpc) is 2.97. The van der Waals surface area contributed by atoms with E-state index in [4.69, 9.17) is 0 Å². The molecule has 1 aliphatic heterocycles. The third-order valence-corrected chi connectivity index (χ3v) is 3.37. The number of hydrogen-bond donors (Lipinski definition) is 2. The summed E-state index contributed by atoms with van der Waals surface area (Å²) >= 11 is 0. The maximum absolute atomic E-state index is 11.5. The third kappa shape index (κ3) is 1.76. The van der Waals surface area contributed by atoms with Crippen LogP contribution in [-0.4, -0.2) is 46.0 Å². The van der Waals surface area contributed by atoms with Gasteiger partial charge in [0.05, 0.1) is 0 Å². The van der Waals surface area contributed by atoms with Crippen LogP contribution in [0.1, 0.15) is 12.8 Å². The van der Waals surface area contributed by atoms with Crippen LogP contribution < -0.4 is 15.9 Å². The molecule has 2 aromatic rings. The summed E-state index contributed by atoms with van der Waals surface area (Å²) in [5.74, 6) is 0.837. The van der Waals surface area contributed by atoms with Crippen molar-refractivity contribution in [3.8, 4) is 0 Å². The molecule has 1 unspecified atom stereocenters. The summed E-state index contributed by atoms with van der Waals surface area (Å²) in [4.78, 5) is 13.8. The van der Waals surface area contributed by atoms with Crippen LogP contribution in [-0.2, 0) is 0 Å². The van der Waals surface area contributed by atoms with Gasteiger partial charge in [-0.15, -0.1) is 5.10 Å². The lowest BCUT2D eigenvalue weighted by atomic mass is 10.2. The van der Waals surface area contributed by atoms with Crippen molar-refractivity contribution in [2.45, 2.75) is 18.9 Å². The fourth-order valence-electron chi connectivity index (χ4n) is 2.53. The largest absolute Gasteiger partial charge is 0.364 e. The average molecular weight is 248 g/mol. The van der Waals surface area contributed by atoms with Crippen molar-refractivity contribution in [1.82, 2.24) is 25.1 Å². The fourth-order valence-corrected chi connectivity index (χ4v) is 2.53. The molecular formula is C11H16N6O. The van der Waals surface area contributed by atoms with E-state index in [0.29, 0.717) is 11.7 Å². The van der Waals surface area contributed by atoms with Gasteiger partial charge >= 0.3 is 5.69 Å². The molecular weight excluding hydrogens is 232 g/mol. The standard InChI is InChI=1S/C11H16N6O/c1-12-7-8-3-2-6-16(8)10-5-4-9-13-14-11(18)17(9)15-10/h4-5,8,12H,2-3,6-7H2,1H3,(H,14,18). The topological polar surface area (TPSA) is 78.3 Å². The Morgan fingerprint density at radius 2 is 2.44 bits per heavy atom. The number of aromatic amines is 1. The molecule has 3 rings (SSSR count). The van der Waals surface area contributed by atoms with Gasteiger partial charge in [0.1, 0.15) is 5.82 Å². The Morgan fingerprint density at radius 1 is 1.56 bits per heavy atom. The Morgan fingerprint density at radius 3 is 3.28 bits per heavy atom. The monoisotopic (exact) mass is 248 g/mol. The van der Waals surface area contributed by atoms with E-state index in [1.807, 2.05) is 19.2 Å². The van der Waals surface area contributed by atoms with E-state index in [9.17, 15) is 4.79 Å². The van der Waals surface area contributed by atoms with E-state index < -0.39 is 0 Å². The molecule has 0 bridgehead atoms. The first-order valence-corrected chi connectivity index (χ1v) is 6.15. The summed E-state index contributed by atoms with van der Waals surface area (Å²) in [6.07, 6.45) is 2.31. The summed E-state index contributed by atoms with van der Waals surface area (Å²) in [6, 6.07) is 4.18. The van der Waals surface area contributed by atoms with Crippen LogP contribution in [0.5, 0.6) is 0 Å². The van der Waals surface area contributed by atoms with E-state index in [-0.39, 0.29) is 5.69 Å². The maximum atomic E-state index is 11.5. The van der Waals surface area contributed by atoms with Gasteiger partial charge in [0.2, 0.25) is 0 Å². The molecule has 96 valence electrons. The first kappa shape index (κ1) is 11.2.